The third kappa shape index (κ3) is 4.78. The van der Waals surface area contributed by atoms with Crippen LogP contribution in [0.5, 0.6) is 0 Å². The minimum atomic E-state index is -1.32. The van der Waals surface area contributed by atoms with Crippen LogP contribution in [0.15, 0.2) is 0 Å². The van der Waals surface area contributed by atoms with Gasteiger partial charge in [-0.3, -0.25) is 9.59 Å². The van der Waals surface area contributed by atoms with E-state index in [1.165, 1.54) is 14.2 Å². The average molecular weight is 206 g/mol. The fourth-order valence-electron chi connectivity index (χ4n) is 0.780. The molecule has 6 nitrogen and oxygen atoms in total. The Kier molecular flexibility index (Phi) is 5.82. The van der Waals surface area contributed by atoms with Crippen LogP contribution in [0.2, 0.25) is 0 Å². The molecule has 2 N–H and O–H groups in total. The lowest BCUT2D eigenvalue weighted by Crippen LogP contribution is -2.31. The van der Waals surface area contributed by atoms with Crippen molar-refractivity contribution in [2.45, 2.75) is 25.0 Å². The summed E-state index contributed by atoms with van der Waals surface area (Å²) in [5.41, 5.74) is 0. The van der Waals surface area contributed by atoms with Crippen LogP contribution in [0.1, 0.15) is 12.8 Å². The first-order valence-corrected chi connectivity index (χ1v) is 4.01. The zero-order valence-electron chi connectivity index (χ0n) is 8.10. The molecule has 0 saturated heterocycles. The SMILES string of the molecule is COC(=O)CC(O)C(O)CC(=O)OC. The number of ether oxygens (including phenoxy) is 2. The molecule has 0 aromatic rings. The number of carbonyl (C=O) groups excluding carboxylic acids is 2. The van der Waals surface area contributed by atoms with Gasteiger partial charge < -0.3 is 19.7 Å². The van der Waals surface area contributed by atoms with Gasteiger partial charge in [-0.15, -0.1) is 0 Å². The zero-order chi connectivity index (χ0) is 11.1. The minimum Gasteiger partial charge on any atom is -0.469 e. The quantitative estimate of drug-likeness (QED) is 0.551. The van der Waals surface area contributed by atoms with Gasteiger partial charge in [0.15, 0.2) is 0 Å². The van der Waals surface area contributed by atoms with Gasteiger partial charge >= 0.3 is 11.9 Å². The van der Waals surface area contributed by atoms with E-state index in [9.17, 15) is 19.8 Å². The lowest BCUT2D eigenvalue weighted by molar-refractivity contribution is -0.149. The lowest BCUT2D eigenvalue weighted by Gasteiger charge is -2.15. The average Bonchev–Trinajstić information content (AvgIpc) is 2.17. The first kappa shape index (κ1) is 12.9. The van der Waals surface area contributed by atoms with Crippen molar-refractivity contribution in [1.82, 2.24) is 0 Å². The van der Waals surface area contributed by atoms with Gasteiger partial charge in [0, 0.05) is 0 Å². The highest BCUT2D eigenvalue weighted by atomic mass is 16.5. The number of methoxy groups -OCH3 is 2. The smallest absolute Gasteiger partial charge is 0.308 e. The highest BCUT2D eigenvalue weighted by Gasteiger charge is 2.22. The Morgan fingerprint density at radius 2 is 1.29 bits per heavy atom. The van der Waals surface area contributed by atoms with Crippen LogP contribution >= 0.6 is 0 Å². The molecule has 0 heterocycles. The van der Waals surface area contributed by atoms with Gasteiger partial charge in [0.2, 0.25) is 0 Å². The van der Waals surface area contributed by atoms with Crippen LogP contribution in [0.25, 0.3) is 0 Å². The van der Waals surface area contributed by atoms with Crippen LogP contribution in [0.4, 0.5) is 0 Å². The van der Waals surface area contributed by atoms with Crippen molar-refractivity contribution in [3.05, 3.63) is 0 Å². The van der Waals surface area contributed by atoms with E-state index >= 15 is 0 Å². The Balaban J connectivity index is 3.92. The molecule has 0 radical (unpaired) electrons. The molecule has 82 valence electrons. The van der Waals surface area contributed by atoms with Gasteiger partial charge in [0.05, 0.1) is 39.3 Å². The molecule has 0 aliphatic heterocycles. The van der Waals surface area contributed by atoms with Gasteiger partial charge in [0.1, 0.15) is 0 Å². The van der Waals surface area contributed by atoms with Crippen LogP contribution in [0.3, 0.4) is 0 Å². The number of hydrogen-bond donors (Lipinski definition) is 2. The Hall–Kier alpha value is -1.14. The third-order valence-electron chi connectivity index (χ3n) is 1.65. The fraction of sp³-hybridized carbons (Fsp3) is 0.750. The van der Waals surface area contributed by atoms with Crippen molar-refractivity contribution in [2.75, 3.05) is 14.2 Å². The van der Waals surface area contributed by atoms with E-state index in [1.807, 2.05) is 0 Å². The number of carbonyl (C=O) groups is 2. The molecule has 0 bridgehead atoms. The van der Waals surface area contributed by atoms with Crippen LogP contribution in [-0.4, -0.2) is 48.6 Å². The molecule has 0 fully saturated rings. The van der Waals surface area contributed by atoms with Gasteiger partial charge in [-0.2, -0.15) is 0 Å². The van der Waals surface area contributed by atoms with E-state index in [2.05, 4.69) is 9.47 Å². The topological polar surface area (TPSA) is 93.1 Å². The summed E-state index contributed by atoms with van der Waals surface area (Å²) in [4.78, 5) is 21.3. The number of esters is 2. The maximum absolute atomic E-state index is 10.7. The summed E-state index contributed by atoms with van der Waals surface area (Å²) in [5, 5.41) is 18.4. The number of hydrogen-bond acceptors (Lipinski definition) is 6. The molecular weight excluding hydrogens is 192 g/mol. The molecule has 0 amide bonds. The highest BCUT2D eigenvalue weighted by molar-refractivity contribution is 5.71. The maximum atomic E-state index is 10.7. The van der Waals surface area contributed by atoms with Crippen molar-refractivity contribution in [2.24, 2.45) is 0 Å². The predicted octanol–water partition coefficient (Wildman–Crippen LogP) is -1.17. The van der Waals surface area contributed by atoms with Crippen LogP contribution < -0.4 is 0 Å². The Morgan fingerprint density at radius 3 is 1.50 bits per heavy atom. The minimum absolute atomic E-state index is 0.353. The largest absolute Gasteiger partial charge is 0.469 e. The van der Waals surface area contributed by atoms with Gasteiger partial charge in [-0.1, -0.05) is 0 Å². The van der Waals surface area contributed by atoms with E-state index in [1.54, 1.807) is 0 Å². The van der Waals surface area contributed by atoms with E-state index in [0.717, 1.165) is 0 Å². The maximum Gasteiger partial charge on any atom is 0.308 e. The summed E-state index contributed by atoms with van der Waals surface area (Å²) >= 11 is 0. The number of rotatable bonds is 5. The first-order valence-electron chi connectivity index (χ1n) is 4.01. The van der Waals surface area contributed by atoms with E-state index < -0.39 is 24.1 Å². The first-order chi connectivity index (χ1) is 6.51. The molecule has 6 heteroatoms. The summed E-state index contributed by atoms with van der Waals surface area (Å²) in [6.45, 7) is 0. The molecule has 0 spiro atoms. The van der Waals surface area contributed by atoms with Crippen LogP contribution in [-0.2, 0) is 19.1 Å². The number of aliphatic hydroxyl groups is 2. The fourth-order valence-corrected chi connectivity index (χ4v) is 0.780. The van der Waals surface area contributed by atoms with E-state index in [0.29, 0.717) is 0 Å². The Labute approximate surface area is 81.4 Å². The van der Waals surface area contributed by atoms with Gasteiger partial charge in [-0.25, -0.2) is 0 Å². The van der Waals surface area contributed by atoms with E-state index in [4.69, 9.17) is 0 Å². The van der Waals surface area contributed by atoms with Crippen molar-refractivity contribution in [3.63, 3.8) is 0 Å². The van der Waals surface area contributed by atoms with Gasteiger partial charge in [0.25, 0.3) is 0 Å². The molecule has 2 atom stereocenters. The predicted molar refractivity (Wildman–Crippen MR) is 45.3 cm³/mol. The summed E-state index contributed by atoms with van der Waals surface area (Å²) in [5.74, 6) is -1.30. The van der Waals surface area contributed by atoms with Gasteiger partial charge in [-0.05, 0) is 0 Å². The highest BCUT2D eigenvalue weighted by Crippen LogP contribution is 2.05. The Morgan fingerprint density at radius 1 is 1.00 bits per heavy atom. The van der Waals surface area contributed by atoms with Crippen molar-refractivity contribution in [1.29, 1.82) is 0 Å². The summed E-state index contributed by atoms with van der Waals surface area (Å²) in [6, 6.07) is 0. The summed E-state index contributed by atoms with van der Waals surface area (Å²) < 4.78 is 8.55. The second kappa shape index (κ2) is 6.33. The van der Waals surface area contributed by atoms with Crippen molar-refractivity contribution >= 4 is 11.9 Å². The van der Waals surface area contributed by atoms with Crippen LogP contribution in [0, 0.1) is 0 Å². The molecule has 0 aliphatic rings. The standard InChI is InChI=1S/C8H14O6/c1-13-7(11)3-5(9)6(10)4-8(12)14-2/h5-6,9-10H,3-4H2,1-2H3. The molecule has 0 aromatic heterocycles. The second-order valence-electron chi connectivity index (χ2n) is 2.70. The number of aliphatic hydroxyl groups excluding tert-OH is 2. The molecule has 0 rings (SSSR count). The molecule has 2 unspecified atom stereocenters. The molecule has 14 heavy (non-hydrogen) atoms. The third-order valence-corrected chi connectivity index (χ3v) is 1.65. The second-order valence-corrected chi connectivity index (χ2v) is 2.70. The lowest BCUT2D eigenvalue weighted by atomic mass is 10.1. The molecular formula is C8H14O6. The van der Waals surface area contributed by atoms with Crippen molar-refractivity contribution in [3.8, 4) is 0 Å². The monoisotopic (exact) mass is 206 g/mol. The van der Waals surface area contributed by atoms with E-state index in [-0.39, 0.29) is 12.8 Å². The summed E-state index contributed by atoms with van der Waals surface area (Å²) in [7, 11) is 2.34. The van der Waals surface area contributed by atoms with Crippen molar-refractivity contribution < 1.29 is 29.3 Å². The summed E-state index contributed by atoms with van der Waals surface area (Å²) in [6.07, 6.45) is -3.34. The Bertz CT molecular complexity index is 180. The molecule has 0 aromatic carbocycles. The molecule has 0 saturated carbocycles. The normalized spacial score (nSPS) is 14.3. The molecule has 0 aliphatic carbocycles. The zero-order valence-corrected chi connectivity index (χ0v) is 8.10.